The molecule has 5 aromatic rings. The summed E-state index contributed by atoms with van der Waals surface area (Å²) in [5.41, 5.74) is 7.12. The number of nitrogens with zero attached hydrogens (tertiary/aromatic N) is 4. The highest BCUT2D eigenvalue weighted by atomic mass is 16.5. The molecule has 0 spiro atoms. The quantitative estimate of drug-likeness (QED) is 0.334. The fourth-order valence-electron chi connectivity index (χ4n) is 4.74. The number of ether oxygens (including phenoxy) is 2. The van der Waals surface area contributed by atoms with Crippen LogP contribution in [0, 0.1) is 0 Å². The molecule has 34 heavy (non-hydrogen) atoms. The monoisotopic (exact) mass is 448 g/mol. The van der Waals surface area contributed by atoms with Crippen LogP contribution in [0.2, 0.25) is 0 Å². The molecule has 0 saturated heterocycles. The summed E-state index contributed by atoms with van der Waals surface area (Å²) < 4.78 is 14.1. The Morgan fingerprint density at radius 3 is 2.62 bits per heavy atom. The smallest absolute Gasteiger partial charge is 0.187 e. The summed E-state index contributed by atoms with van der Waals surface area (Å²) in [6.45, 7) is 1.39. The van der Waals surface area contributed by atoms with Gasteiger partial charge in [0.25, 0.3) is 0 Å². The lowest BCUT2D eigenvalue weighted by Gasteiger charge is -2.15. The Bertz CT molecular complexity index is 1460. The predicted molar refractivity (Wildman–Crippen MR) is 132 cm³/mol. The Hall–Kier alpha value is -4.19. The van der Waals surface area contributed by atoms with Gasteiger partial charge in [0.05, 0.1) is 12.8 Å². The molecule has 2 aromatic carbocycles. The van der Waals surface area contributed by atoms with E-state index in [0.717, 1.165) is 58.4 Å². The van der Waals surface area contributed by atoms with E-state index in [0.29, 0.717) is 18.1 Å². The van der Waals surface area contributed by atoms with Crippen molar-refractivity contribution in [2.45, 2.75) is 26.0 Å². The second-order valence-corrected chi connectivity index (χ2v) is 8.34. The van der Waals surface area contributed by atoms with Gasteiger partial charge in [0, 0.05) is 35.6 Å². The molecule has 0 bridgehead atoms. The molecule has 0 N–H and O–H groups in total. The molecular formula is C28H24N4O2. The second kappa shape index (κ2) is 8.63. The summed E-state index contributed by atoms with van der Waals surface area (Å²) in [6, 6.07) is 22.2. The molecule has 0 atom stereocenters. The van der Waals surface area contributed by atoms with Crippen LogP contribution < -0.4 is 9.47 Å². The number of benzene rings is 2. The highest BCUT2D eigenvalue weighted by molar-refractivity contribution is 6.01. The first-order valence-corrected chi connectivity index (χ1v) is 11.5. The number of methoxy groups -OCH3 is 1. The average molecular weight is 449 g/mol. The summed E-state index contributed by atoms with van der Waals surface area (Å²) in [6.07, 6.45) is 5.74. The number of rotatable bonds is 6. The van der Waals surface area contributed by atoms with Gasteiger partial charge in [0.1, 0.15) is 17.8 Å². The maximum absolute atomic E-state index is 6.13. The highest BCUT2D eigenvalue weighted by Gasteiger charge is 2.26. The molecule has 4 heterocycles. The first-order valence-electron chi connectivity index (χ1n) is 11.5. The minimum atomic E-state index is 0.461. The van der Waals surface area contributed by atoms with Gasteiger partial charge >= 0.3 is 0 Å². The molecule has 0 amide bonds. The van der Waals surface area contributed by atoms with Crippen LogP contribution in [-0.4, -0.2) is 26.9 Å². The van der Waals surface area contributed by atoms with Gasteiger partial charge < -0.3 is 9.47 Å². The van der Waals surface area contributed by atoms with Crippen LogP contribution in [-0.2, 0) is 19.6 Å². The van der Waals surface area contributed by atoms with Crippen LogP contribution in [0.3, 0.4) is 0 Å². The van der Waals surface area contributed by atoms with Crippen molar-refractivity contribution in [1.82, 2.24) is 19.7 Å². The third kappa shape index (κ3) is 3.48. The zero-order valence-corrected chi connectivity index (χ0v) is 18.9. The van der Waals surface area contributed by atoms with Crippen LogP contribution in [0.5, 0.6) is 11.5 Å². The van der Waals surface area contributed by atoms with E-state index in [2.05, 4.69) is 26.8 Å². The molecule has 0 radical (unpaired) electrons. The number of pyridine rings is 2. The van der Waals surface area contributed by atoms with Gasteiger partial charge in [-0.2, -0.15) is 5.10 Å². The van der Waals surface area contributed by atoms with Crippen molar-refractivity contribution in [2.24, 2.45) is 0 Å². The maximum Gasteiger partial charge on any atom is 0.187 e. The van der Waals surface area contributed by atoms with Crippen molar-refractivity contribution in [2.75, 3.05) is 7.11 Å². The molecule has 0 fully saturated rings. The molecule has 6 nitrogen and oxygen atoms in total. The molecule has 3 aromatic heterocycles. The summed E-state index contributed by atoms with van der Waals surface area (Å²) in [5.74, 6) is 1.31. The Morgan fingerprint density at radius 2 is 1.79 bits per heavy atom. The van der Waals surface area contributed by atoms with E-state index in [1.54, 1.807) is 7.11 Å². The van der Waals surface area contributed by atoms with E-state index in [1.165, 1.54) is 5.69 Å². The summed E-state index contributed by atoms with van der Waals surface area (Å²) in [7, 11) is 1.66. The summed E-state index contributed by atoms with van der Waals surface area (Å²) >= 11 is 0. The van der Waals surface area contributed by atoms with Gasteiger partial charge in [-0.05, 0) is 54.3 Å². The van der Waals surface area contributed by atoms with Crippen LogP contribution >= 0.6 is 0 Å². The molecule has 6 rings (SSSR count). The zero-order valence-electron chi connectivity index (χ0n) is 18.9. The van der Waals surface area contributed by atoms with E-state index >= 15 is 0 Å². The van der Waals surface area contributed by atoms with Crippen molar-refractivity contribution >= 4 is 10.9 Å². The Labute approximate surface area is 197 Å². The first kappa shape index (κ1) is 20.4. The third-order valence-electron chi connectivity index (χ3n) is 6.29. The number of hydrogen-bond donors (Lipinski definition) is 0. The minimum absolute atomic E-state index is 0.461. The Kier molecular flexibility index (Phi) is 5.18. The molecule has 1 aliphatic rings. The SMILES string of the molecule is COc1c(OCc2ccccc2)ccc2c(-c3c(-c4ccccn4)nn4c3CCC4)ccnc12. The third-order valence-corrected chi connectivity index (χ3v) is 6.29. The summed E-state index contributed by atoms with van der Waals surface area (Å²) in [5, 5.41) is 5.95. The topological polar surface area (TPSA) is 62.1 Å². The van der Waals surface area contributed by atoms with Crippen molar-refractivity contribution < 1.29 is 9.47 Å². The zero-order chi connectivity index (χ0) is 22.9. The lowest BCUT2D eigenvalue weighted by molar-refractivity contribution is 0.286. The number of hydrogen-bond acceptors (Lipinski definition) is 5. The van der Waals surface area contributed by atoms with Gasteiger partial charge in [-0.25, -0.2) is 0 Å². The lowest BCUT2D eigenvalue weighted by atomic mass is 9.96. The van der Waals surface area contributed by atoms with Gasteiger partial charge in [-0.3, -0.25) is 14.6 Å². The molecule has 0 saturated carbocycles. The Morgan fingerprint density at radius 1 is 0.912 bits per heavy atom. The predicted octanol–water partition coefficient (Wildman–Crippen LogP) is 5.69. The Balaban J connectivity index is 1.48. The van der Waals surface area contributed by atoms with E-state index in [-0.39, 0.29) is 0 Å². The fraction of sp³-hybridized carbons (Fsp3) is 0.179. The van der Waals surface area contributed by atoms with Crippen LogP contribution in [0.25, 0.3) is 33.4 Å². The fourth-order valence-corrected chi connectivity index (χ4v) is 4.74. The van der Waals surface area contributed by atoms with E-state index in [9.17, 15) is 0 Å². The number of aromatic nitrogens is 4. The average Bonchev–Trinajstić information content (AvgIpc) is 3.49. The lowest BCUT2D eigenvalue weighted by Crippen LogP contribution is -1.99. The first-order chi connectivity index (χ1) is 16.8. The van der Waals surface area contributed by atoms with Crippen molar-refractivity contribution in [3.05, 3.63) is 90.4 Å². The molecule has 1 aliphatic heterocycles. The van der Waals surface area contributed by atoms with E-state index in [1.807, 2.05) is 67.0 Å². The van der Waals surface area contributed by atoms with Crippen LogP contribution in [0.1, 0.15) is 17.7 Å². The van der Waals surface area contributed by atoms with Crippen molar-refractivity contribution in [1.29, 1.82) is 0 Å². The molecule has 0 aliphatic carbocycles. The standard InChI is InChI=1S/C28H24N4O2/c1-33-28-24(34-18-19-8-3-2-4-9-19)13-12-21-20(14-16-30-26(21)28)25-23-11-7-17-32(23)31-27(25)22-10-5-6-15-29-22/h2-6,8-10,12-16H,7,11,17-18H2,1H3. The van der Waals surface area contributed by atoms with Gasteiger partial charge in [-0.15, -0.1) is 0 Å². The van der Waals surface area contributed by atoms with Crippen LogP contribution in [0.15, 0.2) is 79.1 Å². The number of fused-ring (bicyclic) bond motifs is 2. The maximum atomic E-state index is 6.13. The normalized spacial score (nSPS) is 12.6. The van der Waals surface area contributed by atoms with E-state index < -0.39 is 0 Å². The largest absolute Gasteiger partial charge is 0.491 e. The molecule has 6 heteroatoms. The molecule has 0 unspecified atom stereocenters. The van der Waals surface area contributed by atoms with Gasteiger partial charge in [0.2, 0.25) is 0 Å². The second-order valence-electron chi connectivity index (χ2n) is 8.34. The number of aryl methyl sites for hydroxylation is 1. The molecule has 168 valence electrons. The molecular weight excluding hydrogens is 424 g/mol. The highest BCUT2D eigenvalue weighted by Crippen LogP contribution is 2.43. The van der Waals surface area contributed by atoms with Crippen LogP contribution in [0.4, 0.5) is 0 Å². The van der Waals surface area contributed by atoms with Gasteiger partial charge in [0.15, 0.2) is 11.5 Å². The van der Waals surface area contributed by atoms with Gasteiger partial charge in [-0.1, -0.05) is 36.4 Å². The summed E-state index contributed by atoms with van der Waals surface area (Å²) in [4.78, 5) is 9.28. The van der Waals surface area contributed by atoms with Crippen molar-refractivity contribution in [3.8, 4) is 34.0 Å². The van der Waals surface area contributed by atoms with E-state index in [4.69, 9.17) is 14.6 Å². The minimum Gasteiger partial charge on any atom is -0.491 e. The van der Waals surface area contributed by atoms with Crippen molar-refractivity contribution in [3.63, 3.8) is 0 Å².